The number of alkyl halides is 3. The lowest BCUT2D eigenvalue weighted by Gasteiger charge is -2.28. The molecule has 2 aromatic rings. The van der Waals surface area contributed by atoms with Gasteiger partial charge in [0.15, 0.2) is 0 Å². The van der Waals surface area contributed by atoms with Crippen molar-refractivity contribution in [2.75, 3.05) is 6.61 Å². The molecule has 0 bridgehead atoms. The van der Waals surface area contributed by atoms with Crippen LogP contribution in [0.15, 0.2) is 52.1 Å². The lowest BCUT2D eigenvalue weighted by molar-refractivity contribution is -0.139. The maximum atomic E-state index is 12.9. The second kappa shape index (κ2) is 9.18. The fraction of sp³-hybridized carbons (Fsp3) is 0.318. The Balaban J connectivity index is 1.85. The molecule has 1 aliphatic heterocycles. The van der Waals surface area contributed by atoms with Crippen molar-refractivity contribution in [1.82, 2.24) is 0 Å². The van der Waals surface area contributed by atoms with E-state index in [9.17, 15) is 23.2 Å². The van der Waals surface area contributed by atoms with Crippen molar-refractivity contribution in [3.63, 3.8) is 0 Å². The topological polar surface area (TPSA) is 106 Å². The van der Waals surface area contributed by atoms with Gasteiger partial charge in [0.25, 0.3) is 0 Å². The van der Waals surface area contributed by atoms with E-state index >= 15 is 0 Å². The van der Waals surface area contributed by atoms with E-state index in [1.54, 1.807) is 6.92 Å². The molecule has 0 fully saturated rings. The van der Waals surface area contributed by atoms with Crippen molar-refractivity contribution in [2.45, 2.75) is 32.5 Å². The highest BCUT2D eigenvalue weighted by Gasteiger charge is 2.43. The number of ether oxygens (including phenoxy) is 3. The summed E-state index contributed by atoms with van der Waals surface area (Å²) in [6.45, 7) is 3.04. The number of benzene rings is 1. The molecular weight excluding hydrogens is 429 g/mol. The minimum absolute atomic E-state index is 0.00322. The highest BCUT2D eigenvalue weighted by Crippen LogP contribution is 2.40. The van der Waals surface area contributed by atoms with Crippen molar-refractivity contribution in [3.8, 4) is 11.8 Å². The van der Waals surface area contributed by atoms with Crippen LogP contribution in [0.3, 0.4) is 0 Å². The number of nitrogens with one attached hydrogen (secondary N) is 1. The minimum Gasteiger partial charge on any atom is -0.486 e. The molecule has 0 saturated carbocycles. The number of carbonyl (C=O) groups excluding carboxylic acids is 1. The molecule has 0 saturated heterocycles. The third kappa shape index (κ3) is 4.77. The van der Waals surface area contributed by atoms with Crippen LogP contribution in [0.5, 0.6) is 5.75 Å². The first-order valence-corrected chi connectivity index (χ1v) is 9.58. The van der Waals surface area contributed by atoms with E-state index in [-0.39, 0.29) is 47.7 Å². The number of esters is 1. The first-order valence-electron chi connectivity index (χ1n) is 9.58. The Labute approximate surface area is 181 Å². The summed E-state index contributed by atoms with van der Waals surface area (Å²) in [4.78, 5) is 12.5. The van der Waals surface area contributed by atoms with Gasteiger partial charge in [0.05, 0.1) is 29.7 Å². The quantitative estimate of drug-likeness (QED) is 0.627. The third-order valence-corrected chi connectivity index (χ3v) is 4.74. The summed E-state index contributed by atoms with van der Waals surface area (Å²) in [6, 6.07) is 9.42. The van der Waals surface area contributed by atoms with Crippen molar-refractivity contribution in [3.05, 3.63) is 64.8 Å². The second-order valence-electron chi connectivity index (χ2n) is 6.86. The van der Waals surface area contributed by atoms with E-state index in [0.29, 0.717) is 0 Å². The van der Waals surface area contributed by atoms with Gasteiger partial charge in [0.2, 0.25) is 5.90 Å². The zero-order valence-electron chi connectivity index (χ0n) is 17.2. The SMILES string of the molecule is CCOC(=O)C1=C(C)OC(=N)C(C#N)C1c1ccc(COc2cccc(C(F)(F)F)c2)o1. The van der Waals surface area contributed by atoms with Crippen LogP contribution in [0.4, 0.5) is 13.2 Å². The summed E-state index contributed by atoms with van der Waals surface area (Å²) in [5, 5.41) is 17.5. The minimum atomic E-state index is -4.50. The number of carbonyl (C=O) groups is 1. The van der Waals surface area contributed by atoms with E-state index in [1.165, 1.54) is 31.2 Å². The molecule has 0 amide bonds. The van der Waals surface area contributed by atoms with Crippen LogP contribution < -0.4 is 4.74 Å². The molecular formula is C22H19F3N2O5. The molecule has 0 aliphatic carbocycles. The first kappa shape index (κ1) is 22.9. The van der Waals surface area contributed by atoms with Gasteiger partial charge in [-0.25, -0.2) is 4.79 Å². The van der Waals surface area contributed by atoms with Gasteiger partial charge in [-0.3, -0.25) is 5.41 Å². The Morgan fingerprint density at radius 3 is 2.69 bits per heavy atom. The van der Waals surface area contributed by atoms with Gasteiger partial charge in [-0.2, -0.15) is 18.4 Å². The molecule has 2 unspecified atom stereocenters. The van der Waals surface area contributed by atoms with Crippen molar-refractivity contribution in [1.29, 1.82) is 10.7 Å². The molecule has 2 heterocycles. The average Bonchev–Trinajstić information content (AvgIpc) is 3.20. The molecule has 10 heteroatoms. The second-order valence-corrected chi connectivity index (χ2v) is 6.86. The standard InChI is InChI=1S/C22H19F3N2O5/c1-3-29-21(28)18-12(2)31-20(27)16(10-26)19(18)17-8-7-15(32-17)11-30-14-6-4-5-13(9-14)22(23,24)25/h4-9,16,19,27H,3,11H2,1-2H3. The summed E-state index contributed by atoms with van der Waals surface area (Å²) in [5.41, 5.74) is -0.776. The predicted molar refractivity (Wildman–Crippen MR) is 104 cm³/mol. The molecule has 2 atom stereocenters. The number of halogens is 3. The van der Waals surface area contributed by atoms with E-state index in [2.05, 4.69) is 0 Å². The summed E-state index contributed by atoms with van der Waals surface area (Å²) in [7, 11) is 0. The number of nitrogens with zero attached hydrogens (tertiary/aromatic N) is 1. The van der Waals surface area contributed by atoms with Gasteiger partial charge < -0.3 is 18.6 Å². The largest absolute Gasteiger partial charge is 0.486 e. The Morgan fingerprint density at radius 1 is 1.28 bits per heavy atom. The number of rotatable bonds is 6. The summed E-state index contributed by atoms with van der Waals surface area (Å²) in [6.07, 6.45) is -4.50. The fourth-order valence-corrected chi connectivity index (χ4v) is 3.30. The summed E-state index contributed by atoms with van der Waals surface area (Å²) < 4.78 is 60.0. The van der Waals surface area contributed by atoms with Gasteiger partial charge in [-0.1, -0.05) is 6.07 Å². The molecule has 168 valence electrons. The van der Waals surface area contributed by atoms with Crippen LogP contribution in [0.2, 0.25) is 0 Å². The van der Waals surface area contributed by atoms with Crippen LogP contribution in [-0.4, -0.2) is 18.5 Å². The molecule has 0 radical (unpaired) electrons. The molecule has 1 N–H and O–H groups in total. The van der Waals surface area contributed by atoms with Gasteiger partial charge >= 0.3 is 12.1 Å². The van der Waals surface area contributed by atoms with Crippen LogP contribution >= 0.6 is 0 Å². The van der Waals surface area contributed by atoms with Gasteiger partial charge in [0, 0.05) is 0 Å². The number of furan rings is 1. The monoisotopic (exact) mass is 448 g/mol. The van der Waals surface area contributed by atoms with Gasteiger partial charge in [-0.05, 0) is 44.2 Å². The Morgan fingerprint density at radius 2 is 2.03 bits per heavy atom. The van der Waals surface area contributed by atoms with Crippen LogP contribution in [-0.2, 0) is 27.1 Å². The Bertz CT molecular complexity index is 1100. The smallest absolute Gasteiger partial charge is 0.416 e. The highest BCUT2D eigenvalue weighted by molar-refractivity contribution is 5.95. The maximum Gasteiger partial charge on any atom is 0.416 e. The van der Waals surface area contributed by atoms with Gasteiger partial charge in [0.1, 0.15) is 35.6 Å². The van der Waals surface area contributed by atoms with E-state index in [0.717, 1.165) is 12.1 Å². The van der Waals surface area contributed by atoms with Crippen LogP contribution in [0.25, 0.3) is 0 Å². The van der Waals surface area contributed by atoms with Crippen molar-refractivity contribution < 1.29 is 36.6 Å². The first-order chi connectivity index (χ1) is 15.2. The zero-order valence-corrected chi connectivity index (χ0v) is 17.2. The van der Waals surface area contributed by atoms with Crippen molar-refractivity contribution >= 4 is 11.9 Å². The molecule has 1 aromatic carbocycles. The predicted octanol–water partition coefficient (Wildman–Crippen LogP) is 4.95. The summed E-state index contributed by atoms with van der Waals surface area (Å²) >= 11 is 0. The Kier molecular flexibility index (Phi) is 6.58. The lowest BCUT2D eigenvalue weighted by atomic mass is 9.82. The van der Waals surface area contributed by atoms with E-state index < -0.39 is 29.5 Å². The molecule has 0 spiro atoms. The Hall–Kier alpha value is -3.74. The van der Waals surface area contributed by atoms with E-state index in [1.807, 2.05) is 6.07 Å². The van der Waals surface area contributed by atoms with E-state index in [4.69, 9.17) is 24.0 Å². The van der Waals surface area contributed by atoms with Crippen LogP contribution in [0, 0.1) is 22.7 Å². The number of hydrogen-bond donors (Lipinski definition) is 1. The fourth-order valence-electron chi connectivity index (χ4n) is 3.30. The molecule has 32 heavy (non-hydrogen) atoms. The van der Waals surface area contributed by atoms with Gasteiger partial charge in [-0.15, -0.1) is 0 Å². The lowest BCUT2D eigenvalue weighted by Crippen LogP contribution is -2.33. The number of nitriles is 1. The highest BCUT2D eigenvalue weighted by atomic mass is 19.4. The molecule has 1 aromatic heterocycles. The molecule has 7 nitrogen and oxygen atoms in total. The van der Waals surface area contributed by atoms with Crippen LogP contribution in [0.1, 0.15) is 36.8 Å². The maximum absolute atomic E-state index is 12.9. The van der Waals surface area contributed by atoms with Crippen molar-refractivity contribution in [2.24, 2.45) is 5.92 Å². The third-order valence-electron chi connectivity index (χ3n) is 4.74. The zero-order chi connectivity index (χ0) is 23.5. The normalized spacial score (nSPS) is 18.7. The molecule has 1 aliphatic rings. The number of allylic oxidation sites excluding steroid dienone is 1. The number of hydrogen-bond acceptors (Lipinski definition) is 7. The molecule has 3 rings (SSSR count). The average molecular weight is 448 g/mol. The summed E-state index contributed by atoms with van der Waals surface area (Å²) in [5.74, 6) is -2.50.